The number of anilines is 1. The normalized spacial score (nSPS) is 12.7. The predicted octanol–water partition coefficient (Wildman–Crippen LogP) is 7.87. The van der Waals surface area contributed by atoms with Crippen LogP contribution in [-0.4, -0.2) is 43.3 Å². The Bertz CT molecular complexity index is 1850. The molecule has 1 N–H and O–H groups in total. The molecule has 4 aromatic rings. The molecule has 13 heteroatoms. The quantitative estimate of drug-likeness (QED) is 0.169. The van der Waals surface area contributed by atoms with Gasteiger partial charge in [-0.2, -0.15) is 13.2 Å². The van der Waals surface area contributed by atoms with Gasteiger partial charge in [0.15, 0.2) is 0 Å². The molecule has 1 unspecified atom stereocenters. The molecule has 0 aliphatic rings. The van der Waals surface area contributed by atoms with Crippen molar-refractivity contribution in [2.75, 3.05) is 10.8 Å². The van der Waals surface area contributed by atoms with Crippen molar-refractivity contribution in [1.82, 2.24) is 10.2 Å². The summed E-state index contributed by atoms with van der Waals surface area (Å²) in [5, 5.41) is 2.61. The van der Waals surface area contributed by atoms with Crippen LogP contribution in [0.1, 0.15) is 37.5 Å². The second kappa shape index (κ2) is 15.1. The SMILES string of the molecule is CC(C)(C)NC(=O)C(Cc1ccccc1)N(Cc1cccc(Br)c1)C(=O)CN(c1cc(C(F)(F)F)ccc1Cl)S(=O)(=O)c1ccccc1. The van der Waals surface area contributed by atoms with Gasteiger partial charge in [-0.1, -0.05) is 88.2 Å². The number of hydrogen-bond acceptors (Lipinski definition) is 4. The number of hydrogen-bond donors (Lipinski definition) is 1. The van der Waals surface area contributed by atoms with E-state index in [-0.39, 0.29) is 22.9 Å². The summed E-state index contributed by atoms with van der Waals surface area (Å²) < 4.78 is 71.1. The molecule has 0 saturated heterocycles. The van der Waals surface area contributed by atoms with Crippen LogP contribution in [-0.2, 0) is 38.8 Å². The summed E-state index contributed by atoms with van der Waals surface area (Å²) in [5.41, 5.74) is -1.03. The number of benzene rings is 4. The fraction of sp³-hybridized carbons (Fsp3) is 0.257. The van der Waals surface area contributed by atoms with Gasteiger partial charge in [0.2, 0.25) is 11.8 Å². The second-order valence-corrected chi connectivity index (χ2v) is 15.3. The Balaban J connectivity index is 1.88. The zero-order valence-electron chi connectivity index (χ0n) is 26.3. The Kier molecular flexibility index (Phi) is 11.6. The average Bonchev–Trinajstić information content (AvgIpc) is 3.01. The molecule has 0 bridgehead atoms. The minimum Gasteiger partial charge on any atom is -0.350 e. The van der Waals surface area contributed by atoms with Gasteiger partial charge >= 0.3 is 6.18 Å². The maximum Gasteiger partial charge on any atom is 0.416 e. The zero-order valence-corrected chi connectivity index (χ0v) is 29.5. The van der Waals surface area contributed by atoms with Crippen LogP contribution in [0.2, 0.25) is 5.02 Å². The van der Waals surface area contributed by atoms with E-state index >= 15 is 0 Å². The van der Waals surface area contributed by atoms with Gasteiger partial charge in [-0.05, 0) is 74.4 Å². The van der Waals surface area contributed by atoms with Crippen LogP contribution in [0, 0.1) is 0 Å². The first-order chi connectivity index (χ1) is 22.5. The molecule has 2 amide bonds. The minimum atomic E-state index is -4.83. The highest BCUT2D eigenvalue weighted by Crippen LogP contribution is 2.37. The van der Waals surface area contributed by atoms with E-state index in [4.69, 9.17) is 11.6 Å². The highest BCUT2D eigenvalue weighted by atomic mass is 79.9. The van der Waals surface area contributed by atoms with Gasteiger partial charge in [0.1, 0.15) is 12.6 Å². The van der Waals surface area contributed by atoms with Crippen LogP contribution in [0.5, 0.6) is 0 Å². The largest absolute Gasteiger partial charge is 0.416 e. The molecule has 0 fully saturated rings. The Morgan fingerprint density at radius 1 is 0.854 bits per heavy atom. The highest BCUT2D eigenvalue weighted by Gasteiger charge is 2.38. The molecular weight excluding hydrogens is 731 g/mol. The molecule has 0 spiro atoms. The van der Waals surface area contributed by atoms with Crippen molar-refractivity contribution in [1.29, 1.82) is 0 Å². The fourth-order valence-corrected chi connectivity index (χ4v) is 7.11. The van der Waals surface area contributed by atoms with E-state index < -0.39 is 57.4 Å². The number of rotatable bonds is 11. The van der Waals surface area contributed by atoms with Crippen molar-refractivity contribution in [3.63, 3.8) is 0 Å². The summed E-state index contributed by atoms with van der Waals surface area (Å²) in [5.74, 6) is -1.34. The number of nitrogens with zero attached hydrogens (tertiary/aromatic N) is 2. The summed E-state index contributed by atoms with van der Waals surface area (Å²) in [6, 6.07) is 24.2. The number of halogens is 5. The van der Waals surface area contributed by atoms with Gasteiger partial charge in [-0.15, -0.1) is 0 Å². The molecule has 0 aliphatic heterocycles. The van der Waals surface area contributed by atoms with Gasteiger partial charge in [0.05, 0.1) is 21.2 Å². The van der Waals surface area contributed by atoms with Crippen molar-refractivity contribution in [3.8, 4) is 0 Å². The standard InChI is InChI=1S/C35H34BrClF3N3O4S/c1-34(2,3)41-33(45)31(20-24-11-6-4-7-12-24)42(22-25-13-10-14-27(36)19-25)32(44)23-43(48(46,47)28-15-8-5-9-16-28)30-21-26(35(38,39)40)17-18-29(30)37/h4-19,21,31H,20,22-23H2,1-3H3,(H,41,45). The van der Waals surface area contributed by atoms with E-state index in [9.17, 15) is 31.2 Å². The lowest BCUT2D eigenvalue weighted by molar-refractivity contribution is -0.140. The van der Waals surface area contributed by atoms with Crippen LogP contribution in [0.25, 0.3) is 0 Å². The van der Waals surface area contributed by atoms with E-state index in [0.717, 1.165) is 17.7 Å². The first-order valence-electron chi connectivity index (χ1n) is 14.8. The maximum absolute atomic E-state index is 14.6. The van der Waals surface area contributed by atoms with Crippen molar-refractivity contribution in [2.24, 2.45) is 0 Å². The molecule has 48 heavy (non-hydrogen) atoms. The molecule has 0 heterocycles. The van der Waals surface area contributed by atoms with Gasteiger partial charge < -0.3 is 10.2 Å². The number of amides is 2. The molecule has 0 aromatic heterocycles. The van der Waals surface area contributed by atoms with Crippen molar-refractivity contribution >= 4 is 55.1 Å². The second-order valence-electron chi connectivity index (χ2n) is 12.1. The van der Waals surface area contributed by atoms with E-state index in [1.54, 1.807) is 75.4 Å². The van der Waals surface area contributed by atoms with Crippen LogP contribution in [0.15, 0.2) is 112 Å². The number of carbonyl (C=O) groups excluding carboxylic acids is 2. The molecule has 0 aliphatic carbocycles. The Labute approximate surface area is 291 Å². The minimum absolute atomic E-state index is 0.0677. The Morgan fingerprint density at radius 3 is 2.04 bits per heavy atom. The third-order valence-corrected chi connectivity index (χ3v) is 9.75. The number of carbonyl (C=O) groups is 2. The molecule has 4 rings (SSSR count). The molecule has 0 saturated carbocycles. The highest BCUT2D eigenvalue weighted by molar-refractivity contribution is 9.10. The summed E-state index contributed by atoms with van der Waals surface area (Å²) in [6.07, 6.45) is -4.76. The van der Waals surface area contributed by atoms with Gasteiger partial charge in [-0.25, -0.2) is 8.42 Å². The van der Waals surface area contributed by atoms with E-state index in [0.29, 0.717) is 20.4 Å². The Hall–Kier alpha value is -3.87. The van der Waals surface area contributed by atoms with E-state index in [1.807, 2.05) is 6.07 Å². The average molecular weight is 765 g/mol. The summed E-state index contributed by atoms with van der Waals surface area (Å²) in [4.78, 5) is 29.5. The molecule has 1 atom stereocenters. The zero-order chi connectivity index (χ0) is 35.3. The summed E-state index contributed by atoms with van der Waals surface area (Å²) >= 11 is 9.80. The topological polar surface area (TPSA) is 86.8 Å². The van der Waals surface area contributed by atoms with Gasteiger partial charge in [0, 0.05) is 23.0 Å². The van der Waals surface area contributed by atoms with Crippen LogP contribution >= 0.6 is 27.5 Å². The smallest absolute Gasteiger partial charge is 0.350 e. The van der Waals surface area contributed by atoms with Crippen molar-refractivity contribution < 1.29 is 31.2 Å². The Morgan fingerprint density at radius 2 is 1.46 bits per heavy atom. The van der Waals surface area contributed by atoms with Crippen LogP contribution in [0.4, 0.5) is 18.9 Å². The molecule has 4 aromatic carbocycles. The lowest BCUT2D eigenvalue weighted by Crippen LogP contribution is -2.56. The third-order valence-electron chi connectivity index (χ3n) is 7.16. The number of alkyl halides is 3. The molecular formula is C35H34BrClF3N3O4S. The monoisotopic (exact) mass is 763 g/mol. The third kappa shape index (κ3) is 9.61. The van der Waals surface area contributed by atoms with Crippen LogP contribution in [0.3, 0.4) is 0 Å². The van der Waals surface area contributed by atoms with Crippen molar-refractivity contribution in [2.45, 2.75) is 56.4 Å². The number of nitrogens with one attached hydrogen (secondary N) is 1. The molecule has 0 radical (unpaired) electrons. The predicted molar refractivity (Wildman–Crippen MR) is 184 cm³/mol. The first-order valence-corrected chi connectivity index (χ1v) is 17.4. The summed E-state index contributed by atoms with van der Waals surface area (Å²) in [7, 11) is -4.65. The fourth-order valence-electron chi connectivity index (χ4n) is 4.95. The van der Waals surface area contributed by atoms with E-state index in [1.165, 1.54) is 29.2 Å². The van der Waals surface area contributed by atoms with Gasteiger partial charge in [0.25, 0.3) is 10.0 Å². The molecule has 7 nitrogen and oxygen atoms in total. The van der Waals surface area contributed by atoms with Crippen molar-refractivity contribution in [3.05, 3.63) is 129 Å². The lowest BCUT2D eigenvalue weighted by Gasteiger charge is -2.35. The van der Waals surface area contributed by atoms with Crippen LogP contribution < -0.4 is 9.62 Å². The first kappa shape index (κ1) is 37.0. The van der Waals surface area contributed by atoms with Gasteiger partial charge in [-0.3, -0.25) is 13.9 Å². The number of sulfonamides is 1. The maximum atomic E-state index is 14.6. The van der Waals surface area contributed by atoms with E-state index in [2.05, 4.69) is 21.2 Å². The lowest BCUT2D eigenvalue weighted by atomic mass is 10.0. The molecule has 254 valence electrons. The summed E-state index contributed by atoms with van der Waals surface area (Å²) in [6.45, 7) is 4.28.